The number of rotatable bonds is 7. The lowest BCUT2D eigenvalue weighted by atomic mass is 10.1. The fourth-order valence-corrected chi connectivity index (χ4v) is 3.50. The molecule has 0 aliphatic rings. The van der Waals surface area contributed by atoms with Gasteiger partial charge in [0.15, 0.2) is 6.61 Å². The van der Waals surface area contributed by atoms with Crippen LogP contribution in [0, 0.1) is 0 Å². The molecule has 0 bridgehead atoms. The number of benzene rings is 3. The Morgan fingerprint density at radius 2 is 1.71 bits per heavy atom. The van der Waals surface area contributed by atoms with E-state index in [0.29, 0.717) is 17.1 Å². The lowest BCUT2D eigenvalue weighted by molar-refractivity contribution is -0.136. The number of ether oxygens (including phenoxy) is 2. The van der Waals surface area contributed by atoms with Crippen LogP contribution in [0.4, 0.5) is 0 Å². The van der Waals surface area contributed by atoms with Crippen molar-refractivity contribution in [2.75, 3.05) is 6.61 Å². The molecule has 0 saturated heterocycles. The first-order valence-corrected chi connectivity index (χ1v) is 10.2. The molecule has 0 N–H and O–H groups in total. The van der Waals surface area contributed by atoms with E-state index in [4.69, 9.17) is 13.9 Å². The normalized spacial score (nSPS) is 10.7. The van der Waals surface area contributed by atoms with Gasteiger partial charge in [0.1, 0.15) is 17.1 Å². The maximum atomic E-state index is 12.4. The standard InChI is InChI=1S/C26H22O5/c1-2-8-19-15-25(27)31-24-16-20(13-14-22(19)24)30-26(28)17-29-23-12-7-6-11-21(23)18-9-4-3-5-10-18/h3-7,9-16H,2,8,17H2,1H3. The Morgan fingerprint density at radius 1 is 0.935 bits per heavy atom. The SMILES string of the molecule is CCCc1cc(=O)oc2cc(OC(=O)COc3ccccc3-c3ccccc3)ccc12. The zero-order valence-corrected chi connectivity index (χ0v) is 17.2. The Labute approximate surface area is 179 Å². The van der Waals surface area contributed by atoms with Crippen LogP contribution in [-0.2, 0) is 11.2 Å². The van der Waals surface area contributed by atoms with Gasteiger partial charge in [-0.1, -0.05) is 61.9 Å². The van der Waals surface area contributed by atoms with Crippen LogP contribution in [-0.4, -0.2) is 12.6 Å². The summed E-state index contributed by atoms with van der Waals surface area (Å²) in [6.07, 6.45) is 1.69. The minimum atomic E-state index is -0.547. The van der Waals surface area contributed by atoms with Crippen molar-refractivity contribution >= 4 is 16.9 Å². The maximum Gasteiger partial charge on any atom is 0.349 e. The molecule has 4 rings (SSSR count). The van der Waals surface area contributed by atoms with Gasteiger partial charge in [-0.15, -0.1) is 0 Å². The van der Waals surface area contributed by atoms with Gasteiger partial charge >= 0.3 is 11.6 Å². The number of hydrogen-bond acceptors (Lipinski definition) is 5. The van der Waals surface area contributed by atoms with Crippen molar-refractivity contribution in [1.29, 1.82) is 0 Å². The highest BCUT2D eigenvalue weighted by Crippen LogP contribution is 2.29. The molecule has 1 aromatic heterocycles. The summed E-state index contributed by atoms with van der Waals surface area (Å²) in [5.41, 5.74) is 2.80. The number of hydrogen-bond donors (Lipinski definition) is 0. The van der Waals surface area contributed by atoms with E-state index in [1.165, 1.54) is 6.07 Å². The average molecular weight is 414 g/mol. The van der Waals surface area contributed by atoms with Crippen LogP contribution in [0.1, 0.15) is 18.9 Å². The predicted octanol–water partition coefficient (Wildman–Crippen LogP) is 5.40. The molecular weight excluding hydrogens is 392 g/mol. The molecule has 0 spiro atoms. The first kappa shape index (κ1) is 20.4. The molecule has 31 heavy (non-hydrogen) atoms. The van der Waals surface area contributed by atoms with Crippen molar-refractivity contribution in [2.45, 2.75) is 19.8 Å². The number of para-hydroxylation sites is 1. The summed E-state index contributed by atoms with van der Waals surface area (Å²) in [4.78, 5) is 24.2. The zero-order chi connectivity index (χ0) is 21.6. The van der Waals surface area contributed by atoms with Crippen molar-refractivity contribution in [3.05, 3.63) is 94.8 Å². The summed E-state index contributed by atoms with van der Waals surface area (Å²) < 4.78 is 16.4. The molecule has 156 valence electrons. The molecule has 0 fully saturated rings. The average Bonchev–Trinajstić information content (AvgIpc) is 2.78. The number of carbonyl (C=O) groups excluding carboxylic acids is 1. The Bertz CT molecular complexity index is 1260. The fraction of sp³-hybridized carbons (Fsp3) is 0.154. The molecule has 0 aliphatic heterocycles. The summed E-state index contributed by atoms with van der Waals surface area (Å²) >= 11 is 0. The van der Waals surface area contributed by atoms with Crippen LogP contribution in [0.2, 0.25) is 0 Å². The second kappa shape index (κ2) is 9.30. The first-order valence-electron chi connectivity index (χ1n) is 10.2. The van der Waals surface area contributed by atoms with E-state index in [1.54, 1.807) is 18.2 Å². The van der Waals surface area contributed by atoms with E-state index in [-0.39, 0.29) is 6.61 Å². The Kier molecular flexibility index (Phi) is 6.13. The van der Waals surface area contributed by atoms with Crippen molar-refractivity contribution in [3.8, 4) is 22.6 Å². The molecule has 0 unspecified atom stereocenters. The topological polar surface area (TPSA) is 65.7 Å². The minimum Gasteiger partial charge on any atom is -0.481 e. The van der Waals surface area contributed by atoms with E-state index in [1.807, 2.05) is 61.5 Å². The molecule has 0 saturated carbocycles. The molecular formula is C26H22O5. The van der Waals surface area contributed by atoms with Gasteiger partial charge in [-0.25, -0.2) is 9.59 Å². The summed E-state index contributed by atoms with van der Waals surface area (Å²) in [5, 5.41) is 0.842. The molecule has 5 nitrogen and oxygen atoms in total. The van der Waals surface area contributed by atoms with Gasteiger partial charge in [0.2, 0.25) is 0 Å². The van der Waals surface area contributed by atoms with Gasteiger partial charge in [0, 0.05) is 23.1 Å². The summed E-state index contributed by atoms with van der Waals surface area (Å²) in [6, 6.07) is 23.9. The van der Waals surface area contributed by atoms with Crippen LogP contribution >= 0.6 is 0 Å². The van der Waals surface area contributed by atoms with Crippen molar-refractivity contribution in [3.63, 3.8) is 0 Å². The van der Waals surface area contributed by atoms with Crippen LogP contribution in [0.15, 0.2) is 88.1 Å². The van der Waals surface area contributed by atoms with E-state index in [0.717, 1.165) is 34.9 Å². The zero-order valence-electron chi connectivity index (χ0n) is 17.2. The Balaban J connectivity index is 1.48. The monoisotopic (exact) mass is 414 g/mol. The molecule has 5 heteroatoms. The highest BCUT2D eigenvalue weighted by molar-refractivity contribution is 5.83. The summed E-state index contributed by atoms with van der Waals surface area (Å²) in [7, 11) is 0. The van der Waals surface area contributed by atoms with Crippen LogP contribution in [0.5, 0.6) is 11.5 Å². The molecule has 0 aliphatic carbocycles. The van der Waals surface area contributed by atoms with Crippen LogP contribution in [0.25, 0.3) is 22.1 Å². The smallest absolute Gasteiger partial charge is 0.349 e. The van der Waals surface area contributed by atoms with Gasteiger partial charge in [0.25, 0.3) is 0 Å². The van der Waals surface area contributed by atoms with E-state index in [2.05, 4.69) is 0 Å². The van der Waals surface area contributed by atoms with Crippen molar-refractivity contribution in [2.24, 2.45) is 0 Å². The molecule has 0 atom stereocenters. The summed E-state index contributed by atoms with van der Waals surface area (Å²) in [5.74, 6) is 0.350. The second-order valence-electron chi connectivity index (χ2n) is 7.12. The lowest BCUT2D eigenvalue weighted by Crippen LogP contribution is -2.18. The van der Waals surface area contributed by atoms with E-state index < -0.39 is 11.6 Å². The predicted molar refractivity (Wildman–Crippen MR) is 119 cm³/mol. The van der Waals surface area contributed by atoms with Crippen LogP contribution < -0.4 is 15.1 Å². The highest BCUT2D eigenvalue weighted by atomic mass is 16.6. The third kappa shape index (κ3) is 4.83. The van der Waals surface area contributed by atoms with Gasteiger partial charge in [-0.3, -0.25) is 0 Å². The summed E-state index contributed by atoms with van der Waals surface area (Å²) in [6.45, 7) is 1.80. The molecule has 1 heterocycles. The first-order chi connectivity index (χ1) is 15.1. The van der Waals surface area contributed by atoms with Crippen molar-refractivity contribution in [1.82, 2.24) is 0 Å². The highest BCUT2D eigenvalue weighted by Gasteiger charge is 2.12. The maximum absolute atomic E-state index is 12.4. The van der Waals surface area contributed by atoms with E-state index in [9.17, 15) is 9.59 Å². The number of esters is 1. The van der Waals surface area contributed by atoms with Crippen molar-refractivity contribution < 1.29 is 18.7 Å². The number of fused-ring (bicyclic) bond motifs is 1. The van der Waals surface area contributed by atoms with Gasteiger partial charge in [-0.05, 0) is 35.7 Å². The molecule has 0 amide bonds. The van der Waals surface area contributed by atoms with Gasteiger partial charge < -0.3 is 13.9 Å². The minimum absolute atomic E-state index is 0.248. The largest absolute Gasteiger partial charge is 0.481 e. The fourth-order valence-electron chi connectivity index (χ4n) is 3.50. The Morgan fingerprint density at radius 3 is 2.52 bits per heavy atom. The third-order valence-corrected chi connectivity index (χ3v) is 4.87. The number of aryl methyl sites for hydroxylation is 1. The van der Waals surface area contributed by atoms with Gasteiger partial charge in [-0.2, -0.15) is 0 Å². The number of carbonyl (C=O) groups is 1. The third-order valence-electron chi connectivity index (χ3n) is 4.87. The molecule has 0 radical (unpaired) electrons. The molecule has 3 aromatic carbocycles. The quantitative estimate of drug-likeness (QED) is 0.230. The Hall–Kier alpha value is -3.86. The lowest BCUT2D eigenvalue weighted by Gasteiger charge is -2.12. The van der Waals surface area contributed by atoms with E-state index >= 15 is 0 Å². The van der Waals surface area contributed by atoms with Crippen LogP contribution in [0.3, 0.4) is 0 Å². The second-order valence-corrected chi connectivity index (χ2v) is 7.12. The molecule has 4 aromatic rings. The van der Waals surface area contributed by atoms with Gasteiger partial charge in [0.05, 0.1) is 0 Å².